The molecule has 1 aliphatic carbocycles. The highest BCUT2D eigenvalue weighted by atomic mass is 16.5. The smallest absolute Gasteiger partial charge is 0.238 e. The van der Waals surface area contributed by atoms with Gasteiger partial charge in [-0.15, -0.1) is 0 Å². The number of carbonyl (C=O) groups excluding carboxylic acids is 1. The Morgan fingerprint density at radius 1 is 1.43 bits per heavy atom. The quantitative estimate of drug-likeness (QED) is 0.688. The molecule has 3 N–H and O–H groups in total. The molecule has 4 unspecified atom stereocenters. The van der Waals surface area contributed by atoms with E-state index >= 15 is 0 Å². The van der Waals surface area contributed by atoms with Crippen molar-refractivity contribution in [1.82, 2.24) is 21.2 Å². The fourth-order valence-electron chi connectivity index (χ4n) is 3.55. The van der Waals surface area contributed by atoms with Crippen LogP contribution in [0.15, 0.2) is 24.5 Å². The van der Waals surface area contributed by atoms with Crippen LogP contribution in [0.1, 0.15) is 32.6 Å². The molecular formula is C17H26N4O2. The minimum absolute atomic E-state index is 0.0977. The topological polar surface area (TPSA) is 75.3 Å². The van der Waals surface area contributed by atoms with Gasteiger partial charge in [0.1, 0.15) is 11.8 Å². The number of nitrogens with one attached hydrogen (secondary N) is 3. The first-order valence-electron chi connectivity index (χ1n) is 8.55. The van der Waals surface area contributed by atoms with Crippen molar-refractivity contribution < 1.29 is 9.53 Å². The van der Waals surface area contributed by atoms with Crippen LogP contribution in [-0.4, -0.2) is 36.1 Å². The molecule has 2 heterocycles. The minimum atomic E-state index is -0.109. The van der Waals surface area contributed by atoms with Crippen LogP contribution in [0.2, 0.25) is 0 Å². The van der Waals surface area contributed by atoms with Crippen LogP contribution in [0.5, 0.6) is 5.75 Å². The largest absolute Gasteiger partial charge is 0.492 e. The first-order valence-corrected chi connectivity index (χ1v) is 8.55. The maximum absolute atomic E-state index is 12.4. The van der Waals surface area contributed by atoms with Gasteiger partial charge in [-0.2, -0.15) is 0 Å². The van der Waals surface area contributed by atoms with E-state index in [1.54, 1.807) is 12.4 Å². The molecule has 0 bridgehead atoms. The molecule has 4 atom stereocenters. The summed E-state index contributed by atoms with van der Waals surface area (Å²) in [6, 6.07) is 4.06. The van der Waals surface area contributed by atoms with Crippen molar-refractivity contribution in [2.24, 2.45) is 11.8 Å². The number of pyridine rings is 1. The standard InChI is InChI=1S/C17H26N4O2/c1-12-5-6-15-14(10-12)16(21-20-15)17(22)19-8-3-9-23-13-4-2-7-18-11-13/h2,4,7,11-12,14-16,20-21H,3,5-6,8-10H2,1H3,(H,19,22). The fourth-order valence-corrected chi connectivity index (χ4v) is 3.55. The molecule has 2 fully saturated rings. The molecule has 0 aromatic carbocycles. The zero-order valence-corrected chi connectivity index (χ0v) is 13.6. The highest BCUT2D eigenvalue weighted by Gasteiger charge is 2.42. The average Bonchev–Trinajstić information content (AvgIpc) is 2.98. The summed E-state index contributed by atoms with van der Waals surface area (Å²) in [4.78, 5) is 16.4. The average molecular weight is 318 g/mol. The Kier molecular flexibility index (Phi) is 5.46. The molecule has 1 amide bonds. The molecule has 126 valence electrons. The number of ether oxygens (including phenoxy) is 1. The Morgan fingerprint density at radius 2 is 2.35 bits per heavy atom. The van der Waals surface area contributed by atoms with Crippen molar-refractivity contribution in [3.05, 3.63) is 24.5 Å². The molecule has 6 heteroatoms. The molecule has 1 aliphatic heterocycles. The molecule has 3 rings (SSSR count). The number of rotatable bonds is 6. The molecule has 2 aliphatic rings. The second-order valence-electron chi connectivity index (χ2n) is 6.64. The maximum Gasteiger partial charge on any atom is 0.238 e. The molecule has 1 saturated carbocycles. The van der Waals surface area contributed by atoms with Crippen molar-refractivity contribution in [2.75, 3.05) is 13.2 Å². The lowest BCUT2D eigenvalue weighted by molar-refractivity contribution is -0.124. The van der Waals surface area contributed by atoms with E-state index in [4.69, 9.17) is 4.74 Å². The van der Waals surface area contributed by atoms with Gasteiger partial charge in [0.15, 0.2) is 0 Å². The third kappa shape index (κ3) is 4.20. The van der Waals surface area contributed by atoms with Gasteiger partial charge >= 0.3 is 0 Å². The van der Waals surface area contributed by atoms with E-state index in [0.717, 1.165) is 25.0 Å². The van der Waals surface area contributed by atoms with Gasteiger partial charge in [-0.25, -0.2) is 5.43 Å². The summed E-state index contributed by atoms with van der Waals surface area (Å²) in [5.74, 6) is 1.98. The van der Waals surface area contributed by atoms with Gasteiger partial charge in [-0.1, -0.05) is 6.92 Å². The normalized spacial score (nSPS) is 29.8. The SMILES string of the molecule is CC1CCC2NNC(C(=O)NCCCOc3cccnc3)C2C1. The maximum atomic E-state index is 12.4. The summed E-state index contributed by atoms with van der Waals surface area (Å²) in [5.41, 5.74) is 6.47. The Labute approximate surface area is 137 Å². The van der Waals surface area contributed by atoms with Crippen molar-refractivity contribution in [1.29, 1.82) is 0 Å². The summed E-state index contributed by atoms with van der Waals surface area (Å²) in [5, 5.41) is 3.02. The molecule has 0 spiro atoms. The Bertz CT molecular complexity index is 511. The van der Waals surface area contributed by atoms with Crippen molar-refractivity contribution in [3.8, 4) is 5.75 Å². The molecule has 23 heavy (non-hydrogen) atoms. The van der Waals surface area contributed by atoms with E-state index in [0.29, 0.717) is 31.0 Å². The van der Waals surface area contributed by atoms with Crippen LogP contribution >= 0.6 is 0 Å². The van der Waals surface area contributed by atoms with Crippen LogP contribution in [0.4, 0.5) is 0 Å². The highest BCUT2D eigenvalue weighted by molar-refractivity contribution is 5.82. The van der Waals surface area contributed by atoms with Gasteiger partial charge < -0.3 is 10.1 Å². The summed E-state index contributed by atoms with van der Waals surface area (Å²) < 4.78 is 5.57. The number of fused-ring (bicyclic) bond motifs is 1. The Hall–Kier alpha value is -1.66. The molecule has 6 nitrogen and oxygen atoms in total. The lowest BCUT2D eigenvalue weighted by Gasteiger charge is -2.30. The van der Waals surface area contributed by atoms with Crippen LogP contribution in [-0.2, 0) is 4.79 Å². The fraction of sp³-hybridized carbons (Fsp3) is 0.647. The number of amides is 1. The zero-order valence-electron chi connectivity index (χ0n) is 13.6. The number of aromatic nitrogens is 1. The molecule has 1 saturated heterocycles. The van der Waals surface area contributed by atoms with E-state index in [2.05, 4.69) is 28.1 Å². The van der Waals surface area contributed by atoms with E-state index in [-0.39, 0.29) is 11.9 Å². The number of hydrogen-bond acceptors (Lipinski definition) is 5. The molecule has 1 aromatic rings. The zero-order chi connectivity index (χ0) is 16.1. The van der Waals surface area contributed by atoms with Crippen LogP contribution in [0, 0.1) is 11.8 Å². The third-order valence-electron chi connectivity index (χ3n) is 4.82. The number of nitrogens with zero attached hydrogens (tertiary/aromatic N) is 1. The third-order valence-corrected chi connectivity index (χ3v) is 4.82. The van der Waals surface area contributed by atoms with Gasteiger partial charge in [0, 0.05) is 24.7 Å². The summed E-state index contributed by atoms with van der Waals surface area (Å²) in [6.07, 6.45) is 7.71. The number of hydrazine groups is 1. The van der Waals surface area contributed by atoms with Gasteiger partial charge in [0.25, 0.3) is 0 Å². The Morgan fingerprint density at radius 3 is 3.17 bits per heavy atom. The van der Waals surface area contributed by atoms with Crippen LogP contribution in [0.3, 0.4) is 0 Å². The van der Waals surface area contributed by atoms with Crippen molar-refractivity contribution >= 4 is 5.91 Å². The highest BCUT2D eigenvalue weighted by Crippen LogP contribution is 2.33. The molecule has 1 aromatic heterocycles. The monoisotopic (exact) mass is 318 g/mol. The molecular weight excluding hydrogens is 292 g/mol. The first kappa shape index (κ1) is 16.2. The number of hydrogen-bond donors (Lipinski definition) is 3. The summed E-state index contributed by atoms with van der Waals surface area (Å²) in [7, 11) is 0. The van der Waals surface area contributed by atoms with Gasteiger partial charge in [-0.3, -0.25) is 15.2 Å². The Balaban J connectivity index is 1.36. The minimum Gasteiger partial charge on any atom is -0.492 e. The lowest BCUT2D eigenvalue weighted by atomic mass is 9.76. The van der Waals surface area contributed by atoms with Gasteiger partial charge in [0.05, 0.1) is 12.8 Å². The number of carbonyl (C=O) groups is 1. The predicted molar refractivity (Wildman–Crippen MR) is 87.7 cm³/mol. The molecule has 0 radical (unpaired) electrons. The lowest BCUT2D eigenvalue weighted by Crippen LogP contribution is -2.46. The summed E-state index contributed by atoms with van der Waals surface area (Å²) in [6.45, 7) is 3.48. The predicted octanol–water partition coefficient (Wildman–Crippen LogP) is 1.25. The van der Waals surface area contributed by atoms with Crippen LogP contribution < -0.4 is 20.9 Å². The van der Waals surface area contributed by atoms with Gasteiger partial charge in [0.2, 0.25) is 5.91 Å². The van der Waals surface area contributed by atoms with E-state index in [1.165, 1.54) is 6.42 Å². The van der Waals surface area contributed by atoms with E-state index < -0.39 is 0 Å². The second-order valence-corrected chi connectivity index (χ2v) is 6.64. The second kappa shape index (κ2) is 7.75. The summed E-state index contributed by atoms with van der Waals surface area (Å²) >= 11 is 0. The van der Waals surface area contributed by atoms with Gasteiger partial charge in [-0.05, 0) is 43.7 Å². The van der Waals surface area contributed by atoms with Crippen molar-refractivity contribution in [2.45, 2.75) is 44.7 Å². The van der Waals surface area contributed by atoms with Crippen LogP contribution in [0.25, 0.3) is 0 Å². The van der Waals surface area contributed by atoms with E-state index in [9.17, 15) is 4.79 Å². The first-order chi connectivity index (χ1) is 11.2. The van der Waals surface area contributed by atoms with E-state index in [1.807, 2.05) is 12.1 Å². The van der Waals surface area contributed by atoms with Crippen molar-refractivity contribution in [3.63, 3.8) is 0 Å².